The molecule has 0 amide bonds. The third-order valence-electron chi connectivity index (χ3n) is 2.67. The molecular formula is C16H16. The first-order chi connectivity index (χ1) is 7.92. The second-order valence-corrected chi connectivity index (χ2v) is 3.76. The molecule has 0 spiro atoms. The highest BCUT2D eigenvalue weighted by Gasteiger charge is 2.03. The van der Waals surface area contributed by atoms with E-state index in [-0.39, 0.29) is 0 Å². The van der Waals surface area contributed by atoms with E-state index in [1.165, 1.54) is 16.7 Å². The Labute approximate surface area is 97.3 Å². The Balaban J connectivity index is 2.38. The molecule has 0 saturated heterocycles. The maximum Gasteiger partial charge on any atom is -0.0154 e. The maximum atomic E-state index is 2.20. The second kappa shape index (κ2) is 5.32. The normalized spacial score (nSPS) is 15.8. The van der Waals surface area contributed by atoms with Gasteiger partial charge in [0, 0.05) is 0 Å². The summed E-state index contributed by atoms with van der Waals surface area (Å²) in [7, 11) is 0. The summed E-state index contributed by atoms with van der Waals surface area (Å²) in [6, 6.07) is 10.5. The summed E-state index contributed by atoms with van der Waals surface area (Å²) in [5.41, 5.74) is 3.85. The van der Waals surface area contributed by atoms with Crippen LogP contribution in [-0.4, -0.2) is 0 Å². The molecule has 0 nitrogen and oxygen atoms in total. The smallest absolute Gasteiger partial charge is 0.0154 e. The van der Waals surface area contributed by atoms with E-state index in [0.29, 0.717) is 0 Å². The first-order valence-electron chi connectivity index (χ1n) is 5.67. The quantitative estimate of drug-likeness (QED) is 0.669. The van der Waals surface area contributed by atoms with Gasteiger partial charge >= 0.3 is 0 Å². The summed E-state index contributed by atoms with van der Waals surface area (Å²) >= 11 is 0. The average molecular weight is 208 g/mol. The largest absolute Gasteiger partial charge is 0.0807 e. The first kappa shape index (κ1) is 10.7. The molecule has 16 heavy (non-hydrogen) atoms. The van der Waals surface area contributed by atoms with Gasteiger partial charge in [-0.25, -0.2) is 0 Å². The lowest BCUT2D eigenvalue weighted by molar-refractivity contribution is 1.40. The van der Waals surface area contributed by atoms with Crippen LogP contribution in [0.15, 0.2) is 72.4 Å². The lowest BCUT2D eigenvalue weighted by Gasteiger charge is -2.07. The predicted octanol–water partition coefficient (Wildman–Crippen LogP) is 4.53. The molecular weight excluding hydrogens is 192 g/mol. The third kappa shape index (κ3) is 2.40. The summed E-state index contributed by atoms with van der Waals surface area (Å²) in [5.74, 6) is 0. The summed E-state index contributed by atoms with van der Waals surface area (Å²) in [5, 5.41) is 0. The summed E-state index contributed by atoms with van der Waals surface area (Å²) < 4.78 is 0. The van der Waals surface area contributed by atoms with Gasteiger partial charge in [0.1, 0.15) is 0 Å². The molecule has 0 heterocycles. The zero-order valence-electron chi connectivity index (χ0n) is 9.56. The molecule has 80 valence electrons. The number of hydrogen-bond acceptors (Lipinski definition) is 0. The summed E-state index contributed by atoms with van der Waals surface area (Å²) in [6.45, 7) is 2.09. The molecule has 0 bridgehead atoms. The highest BCUT2D eigenvalue weighted by molar-refractivity contribution is 5.82. The second-order valence-electron chi connectivity index (χ2n) is 3.76. The minimum atomic E-state index is 1.02. The highest BCUT2D eigenvalue weighted by atomic mass is 14.1. The minimum Gasteiger partial charge on any atom is -0.0807 e. The molecule has 0 N–H and O–H groups in total. The highest BCUT2D eigenvalue weighted by Crippen LogP contribution is 2.25. The van der Waals surface area contributed by atoms with Gasteiger partial charge in [0.25, 0.3) is 0 Å². The van der Waals surface area contributed by atoms with Gasteiger partial charge < -0.3 is 0 Å². The van der Waals surface area contributed by atoms with E-state index in [1.54, 1.807) is 0 Å². The monoisotopic (exact) mass is 208 g/mol. The van der Waals surface area contributed by atoms with Crippen molar-refractivity contribution in [1.29, 1.82) is 0 Å². The van der Waals surface area contributed by atoms with E-state index in [4.69, 9.17) is 0 Å². The van der Waals surface area contributed by atoms with Crippen LogP contribution in [0.25, 0.3) is 5.57 Å². The zero-order valence-corrected chi connectivity index (χ0v) is 9.56. The average Bonchev–Trinajstić information content (AvgIpc) is 2.61. The Morgan fingerprint density at radius 1 is 1.12 bits per heavy atom. The Bertz CT molecular complexity index is 456. The van der Waals surface area contributed by atoms with E-state index in [1.807, 2.05) is 6.07 Å². The van der Waals surface area contributed by atoms with Gasteiger partial charge in [0.05, 0.1) is 0 Å². The van der Waals surface area contributed by atoms with Crippen molar-refractivity contribution < 1.29 is 0 Å². The SMILES string of the molecule is C/C=C(\C1=CC=CCC=C1)c1ccccc1. The Hall–Kier alpha value is -1.82. The van der Waals surface area contributed by atoms with Gasteiger partial charge in [-0.1, -0.05) is 66.8 Å². The number of hydrogen-bond donors (Lipinski definition) is 0. The third-order valence-corrected chi connectivity index (χ3v) is 2.67. The lowest BCUT2D eigenvalue weighted by Crippen LogP contribution is -1.86. The minimum absolute atomic E-state index is 1.02. The van der Waals surface area contributed by atoms with Crippen LogP contribution in [0.4, 0.5) is 0 Å². The van der Waals surface area contributed by atoms with Crippen LogP contribution >= 0.6 is 0 Å². The Morgan fingerprint density at radius 2 is 1.94 bits per heavy atom. The fourth-order valence-electron chi connectivity index (χ4n) is 1.88. The van der Waals surface area contributed by atoms with Crippen LogP contribution in [0.5, 0.6) is 0 Å². The molecule has 0 saturated carbocycles. The molecule has 2 rings (SSSR count). The van der Waals surface area contributed by atoms with Crippen molar-refractivity contribution in [3.8, 4) is 0 Å². The maximum absolute atomic E-state index is 2.20. The van der Waals surface area contributed by atoms with Gasteiger partial charge in [0.2, 0.25) is 0 Å². The molecule has 0 aliphatic heterocycles. The lowest BCUT2D eigenvalue weighted by atomic mass is 9.97. The standard InChI is InChI=1S/C16H16/c1-2-16(15-12-8-5-9-13-15)14-10-6-3-4-7-11-14/h2-3,5-13H,4H2,1H3/b16-2+. The van der Waals surface area contributed by atoms with Gasteiger partial charge in [-0.05, 0) is 30.1 Å². The van der Waals surface area contributed by atoms with Crippen LogP contribution in [0.3, 0.4) is 0 Å². The van der Waals surface area contributed by atoms with Crippen molar-refractivity contribution in [2.75, 3.05) is 0 Å². The predicted molar refractivity (Wildman–Crippen MR) is 71.1 cm³/mol. The van der Waals surface area contributed by atoms with Crippen LogP contribution in [0, 0.1) is 0 Å². The van der Waals surface area contributed by atoms with Crippen molar-refractivity contribution >= 4 is 5.57 Å². The molecule has 0 unspecified atom stereocenters. The van der Waals surface area contributed by atoms with Crippen LogP contribution in [0.2, 0.25) is 0 Å². The molecule has 1 aliphatic rings. The fourth-order valence-corrected chi connectivity index (χ4v) is 1.88. The number of benzene rings is 1. The molecule has 1 aliphatic carbocycles. The molecule has 0 radical (unpaired) electrons. The van der Waals surface area contributed by atoms with Crippen LogP contribution in [-0.2, 0) is 0 Å². The Kier molecular flexibility index (Phi) is 3.55. The molecule has 0 heteroatoms. The Morgan fingerprint density at radius 3 is 2.69 bits per heavy atom. The van der Waals surface area contributed by atoms with Crippen molar-refractivity contribution in [1.82, 2.24) is 0 Å². The van der Waals surface area contributed by atoms with Crippen molar-refractivity contribution in [3.05, 3.63) is 77.9 Å². The van der Waals surface area contributed by atoms with Gasteiger partial charge in [-0.15, -0.1) is 0 Å². The topological polar surface area (TPSA) is 0 Å². The molecule has 0 fully saturated rings. The fraction of sp³-hybridized carbons (Fsp3) is 0.125. The number of allylic oxidation sites excluding steroid dienone is 8. The molecule has 1 aromatic rings. The van der Waals surface area contributed by atoms with Crippen LogP contribution in [0.1, 0.15) is 18.9 Å². The van der Waals surface area contributed by atoms with Gasteiger partial charge in [0.15, 0.2) is 0 Å². The van der Waals surface area contributed by atoms with E-state index in [2.05, 4.69) is 67.6 Å². The summed E-state index contributed by atoms with van der Waals surface area (Å²) in [4.78, 5) is 0. The molecule has 1 aromatic carbocycles. The van der Waals surface area contributed by atoms with Crippen molar-refractivity contribution in [2.45, 2.75) is 13.3 Å². The molecule has 0 atom stereocenters. The first-order valence-corrected chi connectivity index (χ1v) is 5.67. The van der Waals surface area contributed by atoms with E-state index in [0.717, 1.165) is 6.42 Å². The zero-order chi connectivity index (χ0) is 11.2. The summed E-state index contributed by atoms with van der Waals surface area (Å²) in [6.07, 6.45) is 14.1. The van der Waals surface area contributed by atoms with E-state index < -0.39 is 0 Å². The van der Waals surface area contributed by atoms with Gasteiger partial charge in [-0.2, -0.15) is 0 Å². The van der Waals surface area contributed by atoms with Crippen molar-refractivity contribution in [3.63, 3.8) is 0 Å². The number of rotatable bonds is 2. The molecule has 0 aromatic heterocycles. The van der Waals surface area contributed by atoms with E-state index in [9.17, 15) is 0 Å². The van der Waals surface area contributed by atoms with E-state index >= 15 is 0 Å². The van der Waals surface area contributed by atoms with Gasteiger partial charge in [-0.3, -0.25) is 0 Å². The van der Waals surface area contributed by atoms with Crippen molar-refractivity contribution in [2.24, 2.45) is 0 Å². The van der Waals surface area contributed by atoms with Crippen LogP contribution < -0.4 is 0 Å².